The average Bonchev–Trinajstić information content (AvgIpc) is 3.04. The van der Waals surface area contributed by atoms with Crippen molar-refractivity contribution in [3.05, 3.63) is 12.2 Å². The molecule has 3 rings (SSSR count). The number of carboxylic acids is 1. The van der Waals surface area contributed by atoms with Gasteiger partial charge in [-0.15, -0.1) is 0 Å². The van der Waals surface area contributed by atoms with Crippen LogP contribution in [0.15, 0.2) is 12.2 Å². The molecule has 6 heteroatoms. The molecule has 2 aliphatic carbocycles. The summed E-state index contributed by atoms with van der Waals surface area (Å²) in [6, 6.07) is -0.435. The number of allylic oxidation sites excluding steroid dienone is 2. The second kappa shape index (κ2) is 4.67. The number of hydrogen-bond acceptors (Lipinski definition) is 4. The Hall–Kier alpha value is -1.30. The van der Waals surface area contributed by atoms with E-state index in [0.717, 1.165) is 12.2 Å². The van der Waals surface area contributed by atoms with E-state index in [4.69, 9.17) is 0 Å². The van der Waals surface area contributed by atoms with Gasteiger partial charge in [0.1, 0.15) is 0 Å². The van der Waals surface area contributed by atoms with Gasteiger partial charge in [0.05, 0.1) is 17.9 Å². The van der Waals surface area contributed by atoms with E-state index in [-0.39, 0.29) is 22.9 Å². The summed E-state index contributed by atoms with van der Waals surface area (Å²) in [6.07, 6.45) is 5.23. The first-order valence-corrected chi connectivity index (χ1v) is 7.44. The highest BCUT2D eigenvalue weighted by atomic mass is 32.2. The van der Waals surface area contributed by atoms with Gasteiger partial charge in [-0.3, -0.25) is 14.4 Å². The zero-order valence-corrected chi connectivity index (χ0v) is 11.1. The van der Waals surface area contributed by atoms with Gasteiger partial charge in [-0.2, -0.15) is 0 Å². The van der Waals surface area contributed by atoms with E-state index >= 15 is 0 Å². The van der Waals surface area contributed by atoms with Crippen LogP contribution in [0.2, 0.25) is 0 Å². The SMILES string of the molecule is O=C(N[C@@H]1CCSC1=O)[C@@H]1[C@H](C(=O)O)[C@H]2C=C[C@H]1C2. The number of thioether (sulfide) groups is 1. The molecule has 0 aromatic heterocycles. The van der Waals surface area contributed by atoms with Gasteiger partial charge >= 0.3 is 5.97 Å². The molecule has 1 saturated carbocycles. The van der Waals surface area contributed by atoms with Crippen molar-refractivity contribution >= 4 is 28.8 Å². The van der Waals surface area contributed by atoms with E-state index in [9.17, 15) is 19.5 Å². The summed E-state index contributed by atoms with van der Waals surface area (Å²) in [5.41, 5.74) is 0. The van der Waals surface area contributed by atoms with Crippen LogP contribution in [-0.4, -0.2) is 33.9 Å². The standard InChI is InChI=1S/C13H15NO4S/c15-11(14-8-3-4-19-13(8)18)9-6-1-2-7(5-6)10(9)12(16)17/h1-2,6-10H,3-5H2,(H,14,15)(H,16,17)/t6-,7-,8+,9-,10+/m0/s1. The number of carboxylic acid groups (broad SMARTS) is 1. The number of fused-ring (bicyclic) bond motifs is 2. The van der Waals surface area contributed by atoms with Gasteiger partial charge in [0.15, 0.2) is 0 Å². The van der Waals surface area contributed by atoms with Crippen LogP contribution >= 0.6 is 11.8 Å². The Morgan fingerprint density at radius 2 is 1.95 bits per heavy atom. The highest BCUT2D eigenvalue weighted by Gasteiger charge is 2.52. The van der Waals surface area contributed by atoms with E-state index in [1.54, 1.807) is 0 Å². The Balaban J connectivity index is 1.73. The van der Waals surface area contributed by atoms with Crippen LogP contribution in [0, 0.1) is 23.7 Å². The minimum Gasteiger partial charge on any atom is -0.481 e. The molecular formula is C13H15NO4S. The molecule has 1 saturated heterocycles. The summed E-state index contributed by atoms with van der Waals surface area (Å²) in [5.74, 6) is -1.65. The van der Waals surface area contributed by atoms with E-state index in [1.807, 2.05) is 12.2 Å². The van der Waals surface area contributed by atoms with Crippen molar-refractivity contribution in [3.63, 3.8) is 0 Å². The molecule has 0 radical (unpaired) electrons. The number of aliphatic carboxylic acids is 1. The van der Waals surface area contributed by atoms with Gasteiger partial charge in [0.25, 0.3) is 0 Å². The van der Waals surface area contributed by atoms with Crippen LogP contribution < -0.4 is 5.32 Å². The van der Waals surface area contributed by atoms with Gasteiger partial charge in [-0.25, -0.2) is 0 Å². The fourth-order valence-corrected chi connectivity index (χ4v) is 4.34. The molecule has 0 spiro atoms. The summed E-state index contributed by atoms with van der Waals surface area (Å²) in [5, 5.41) is 12.0. The van der Waals surface area contributed by atoms with E-state index in [2.05, 4.69) is 5.32 Å². The average molecular weight is 281 g/mol. The first-order valence-electron chi connectivity index (χ1n) is 6.46. The number of carbonyl (C=O) groups excluding carboxylic acids is 2. The molecule has 1 amide bonds. The normalized spacial score (nSPS) is 39.8. The van der Waals surface area contributed by atoms with Gasteiger partial charge in [0.2, 0.25) is 11.0 Å². The lowest BCUT2D eigenvalue weighted by molar-refractivity contribution is -0.148. The molecule has 102 valence electrons. The fraction of sp³-hybridized carbons (Fsp3) is 0.615. The van der Waals surface area contributed by atoms with Gasteiger partial charge in [-0.05, 0) is 24.7 Å². The van der Waals surface area contributed by atoms with Crippen molar-refractivity contribution in [2.45, 2.75) is 18.9 Å². The molecule has 0 aromatic carbocycles. The lowest BCUT2D eigenvalue weighted by Crippen LogP contribution is -2.45. The minimum atomic E-state index is -0.913. The Bertz CT molecular complexity index is 475. The van der Waals surface area contributed by atoms with Gasteiger partial charge in [0, 0.05) is 5.75 Å². The predicted molar refractivity (Wildman–Crippen MR) is 69.4 cm³/mol. The highest BCUT2D eigenvalue weighted by molar-refractivity contribution is 8.14. The molecule has 2 bridgehead atoms. The summed E-state index contributed by atoms with van der Waals surface area (Å²) in [7, 11) is 0. The summed E-state index contributed by atoms with van der Waals surface area (Å²) in [4.78, 5) is 35.1. The van der Waals surface area contributed by atoms with E-state index in [1.165, 1.54) is 11.8 Å². The number of carbonyl (C=O) groups is 3. The van der Waals surface area contributed by atoms with Crippen LogP contribution in [0.3, 0.4) is 0 Å². The Morgan fingerprint density at radius 1 is 1.26 bits per heavy atom. The zero-order valence-electron chi connectivity index (χ0n) is 10.2. The third kappa shape index (κ3) is 2.08. The minimum absolute atomic E-state index is 0.00950. The van der Waals surface area contributed by atoms with Gasteiger partial charge < -0.3 is 10.4 Å². The number of rotatable bonds is 3. The molecule has 1 aliphatic heterocycles. The van der Waals surface area contributed by atoms with Crippen molar-refractivity contribution in [3.8, 4) is 0 Å². The molecule has 2 fully saturated rings. The monoisotopic (exact) mass is 281 g/mol. The molecule has 5 atom stereocenters. The first kappa shape index (κ1) is 12.7. The molecule has 1 heterocycles. The zero-order chi connectivity index (χ0) is 13.6. The molecule has 19 heavy (non-hydrogen) atoms. The van der Waals surface area contributed by atoms with Crippen molar-refractivity contribution in [1.82, 2.24) is 5.32 Å². The second-order valence-corrected chi connectivity index (χ2v) is 6.45. The second-order valence-electron chi connectivity index (χ2n) is 5.36. The molecule has 0 unspecified atom stereocenters. The van der Waals surface area contributed by atoms with E-state index < -0.39 is 23.8 Å². The number of nitrogens with one attached hydrogen (secondary N) is 1. The van der Waals surface area contributed by atoms with Crippen molar-refractivity contribution in [1.29, 1.82) is 0 Å². The topological polar surface area (TPSA) is 83.5 Å². The van der Waals surface area contributed by atoms with Crippen LogP contribution in [0.5, 0.6) is 0 Å². The smallest absolute Gasteiger partial charge is 0.307 e. The quantitative estimate of drug-likeness (QED) is 0.742. The Morgan fingerprint density at radius 3 is 2.53 bits per heavy atom. The molecule has 5 nitrogen and oxygen atoms in total. The largest absolute Gasteiger partial charge is 0.481 e. The summed E-state index contributed by atoms with van der Waals surface area (Å²) < 4.78 is 0. The maximum atomic E-state index is 12.3. The molecular weight excluding hydrogens is 266 g/mol. The van der Waals surface area contributed by atoms with Crippen LogP contribution in [0.1, 0.15) is 12.8 Å². The predicted octanol–water partition coefficient (Wildman–Crippen LogP) is 0.658. The fourth-order valence-electron chi connectivity index (χ4n) is 3.41. The van der Waals surface area contributed by atoms with Crippen LogP contribution in [-0.2, 0) is 14.4 Å². The lowest BCUT2D eigenvalue weighted by atomic mass is 9.82. The molecule has 3 aliphatic rings. The number of hydrogen-bond donors (Lipinski definition) is 2. The van der Waals surface area contributed by atoms with Crippen molar-refractivity contribution < 1.29 is 19.5 Å². The van der Waals surface area contributed by atoms with E-state index in [0.29, 0.717) is 6.42 Å². The Labute approximate surface area is 114 Å². The molecule has 2 N–H and O–H groups in total. The van der Waals surface area contributed by atoms with Crippen molar-refractivity contribution in [2.75, 3.05) is 5.75 Å². The van der Waals surface area contributed by atoms with Crippen LogP contribution in [0.4, 0.5) is 0 Å². The first-order chi connectivity index (χ1) is 9.08. The summed E-state index contributed by atoms with van der Waals surface area (Å²) >= 11 is 1.23. The lowest BCUT2D eigenvalue weighted by Gasteiger charge is -2.25. The number of amides is 1. The summed E-state index contributed by atoms with van der Waals surface area (Å²) in [6.45, 7) is 0. The van der Waals surface area contributed by atoms with Crippen molar-refractivity contribution in [2.24, 2.45) is 23.7 Å². The third-order valence-electron chi connectivity index (χ3n) is 4.30. The third-order valence-corrected chi connectivity index (χ3v) is 5.31. The molecule has 0 aromatic rings. The maximum Gasteiger partial charge on any atom is 0.307 e. The Kier molecular flexibility index (Phi) is 3.12. The van der Waals surface area contributed by atoms with Gasteiger partial charge in [-0.1, -0.05) is 23.9 Å². The van der Waals surface area contributed by atoms with Crippen LogP contribution in [0.25, 0.3) is 0 Å². The highest BCUT2D eigenvalue weighted by Crippen LogP contribution is 2.48. The maximum absolute atomic E-state index is 12.3.